The molecule has 0 unspecified atom stereocenters. The Balaban J connectivity index is 1.70. The predicted octanol–water partition coefficient (Wildman–Crippen LogP) is 3.36. The number of hydrogen-bond donors (Lipinski definition) is 1. The highest BCUT2D eigenvalue weighted by molar-refractivity contribution is 6.30. The largest absolute Gasteiger partial charge is 0.366 e. The zero-order valence-corrected chi connectivity index (χ0v) is 17.2. The molecule has 0 radical (unpaired) electrons. The van der Waals surface area contributed by atoms with Gasteiger partial charge < -0.3 is 4.90 Å². The summed E-state index contributed by atoms with van der Waals surface area (Å²) in [5, 5.41) is 2.52. The number of fused-ring (bicyclic) bond motifs is 4. The minimum atomic E-state index is -1.34. The first-order chi connectivity index (χ1) is 14.4. The van der Waals surface area contributed by atoms with Gasteiger partial charge >= 0.3 is 6.03 Å². The number of urea groups is 1. The van der Waals surface area contributed by atoms with Gasteiger partial charge in [-0.05, 0) is 48.4 Å². The molecule has 0 aromatic heterocycles. The Labute approximate surface area is 175 Å². The fourth-order valence-electron chi connectivity index (χ4n) is 5.82. The first-order valence-corrected chi connectivity index (χ1v) is 10.5. The molecule has 0 saturated carbocycles. The van der Waals surface area contributed by atoms with Gasteiger partial charge in [0.2, 0.25) is 5.91 Å². The van der Waals surface area contributed by atoms with Gasteiger partial charge in [-0.3, -0.25) is 14.9 Å². The van der Waals surface area contributed by atoms with Crippen LogP contribution in [-0.4, -0.2) is 30.4 Å². The Morgan fingerprint density at radius 2 is 1.67 bits per heavy atom. The summed E-state index contributed by atoms with van der Waals surface area (Å²) in [5.74, 6) is -0.320. The van der Waals surface area contributed by atoms with Crippen molar-refractivity contribution in [3.05, 3.63) is 60.2 Å². The maximum absolute atomic E-state index is 14.0. The summed E-state index contributed by atoms with van der Waals surface area (Å²) in [4.78, 5) is 43.6. The molecular formula is C24H25N3O3. The fraction of sp³-hybridized carbons (Fsp3) is 0.375. The molecule has 2 saturated heterocycles. The summed E-state index contributed by atoms with van der Waals surface area (Å²) in [6.07, 6.45) is 1.23. The van der Waals surface area contributed by atoms with Crippen molar-refractivity contribution in [2.24, 2.45) is 17.3 Å². The normalized spacial score (nSPS) is 30.7. The second-order valence-corrected chi connectivity index (χ2v) is 8.93. The van der Waals surface area contributed by atoms with Gasteiger partial charge in [-0.25, -0.2) is 9.69 Å². The fourth-order valence-corrected chi connectivity index (χ4v) is 5.82. The summed E-state index contributed by atoms with van der Waals surface area (Å²) in [6, 6.07) is 15.9. The van der Waals surface area contributed by atoms with Gasteiger partial charge in [0, 0.05) is 12.2 Å². The molecule has 6 nitrogen and oxygen atoms in total. The lowest BCUT2D eigenvalue weighted by molar-refractivity contribution is -0.146. The number of anilines is 2. The van der Waals surface area contributed by atoms with E-state index >= 15 is 0 Å². The Hall–Kier alpha value is -3.15. The lowest BCUT2D eigenvalue weighted by atomic mass is 9.62. The van der Waals surface area contributed by atoms with Crippen LogP contribution in [0.4, 0.5) is 16.2 Å². The molecule has 4 amide bonds. The summed E-state index contributed by atoms with van der Waals surface area (Å²) >= 11 is 0. The van der Waals surface area contributed by atoms with Crippen LogP contribution in [0.15, 0.2) is 54.6 Å². The van der Waals surface area contributed by atoms with E-state index in [9.17, 15) is 14.4 Å². The van der Waals surface area contributed by atoms with Crippen molar-refractivity contribution in [2.45, 2.75) is 32.7 Å². The SMILES string of the molecule is C[C@@H]1C[C@H](C)[C@H]2N(C1)c1ccccc1C[C@]21C(=O)NC(=O)N(c2ccccc2)C1=O. The number of benzene rings is 2. The van der Waals surface area contributed by atoms with Gasteiger partial charge in [0.25, 0.3) is 5.91 Å². The summed E-state index contributed by atoms with van der Waals surface area (Å²) < 4.78 is 0. The molecule has 1 N–H and O–H groups in total. The van der Waals surface area contributed by atoms with Gasteiger partial charge in [-0.2, -0.15) is 0 Å². The zero-order valence-electron chi connectivity index (χ0n) is 17.2. The second-order valence-electron chi connectivity index (χ2n) is 8.93. The maximum atomic E-state index is 14.0. The predicted molar refractivity (Wildman–Crippen MR) is 114 cm³/mol. The van der Waals surface area contributed by atoms with Gasteiger partial charge in [-0.1, -0.05) is 50.2 Å². The number of piperidine rings is 1. The Kier molecular flexibility index (Phi) is 4.20. The van der Waals surface area contributed by atoms with Crippen LogP contribution in [0.3, 0.4) is 0 Å². The lowest BCUT2D eigenvalue weighted by Crippen LogP contribution is -2.74. The van der Waals surface area contributed by atoms with E-state index in [1.807, 2.05) is 24.3 Å². The molecule has 2 aromatic carbocycles. The van der Waals surface area contributed by atoms with Crippen LogP contribution in [-0.2, 0) is 16.0 Å². The summed E-state index contributed by atoms with van der Waals surface area (Å²) in [6.45, 7) is 5.11. The van der Waals surface area contributed by atoms with Crippen LogP contribution in [0.5, 0.6) is 0 Å². The van der Waals surface area contributed by atoms with E-state index in [-0.39, 0.29) is 12.0 Å². The van der Waals surface area contributed by atoms with Crippen molar-refractivity contribution in [1.82, 2.24) is 5.32 Å². The molecule has 154 valence electrons. The van der Waals surface area contributed by atoms with Crippen LogP contribution >= 0.6 is 0 Å². The molecule has 30 heavy (non-hydrogen) atoms. The lowest BCUT2D eigenvalue weighted by Gasteiger charge is -2.56. The zero-order chi connectivity index (χ0) is 21.0. The maximum Gasteiger partial charge on any atom is 0.335 e. The quantitative estimate of drug-likeness (QED) is 0.742. The molecule has 1 spiro atoms. The number of imide groups is 2. The van der Waals surface area contributed by atoms with Crippen LogP contribution in [0.1, 0.15) is 25.8 Å². The van der Waals surface area contributed by atoms with E-state index in [1.165, 1.54) is 0 Å². The highest BCUT2D eigenvalue weighted by Gasteiger charge is 2.64. The van der Waals surface area contributed by atoms with E-state index in [4.69, 9.17) is 0 Å². The molecule has 0 aliphatic carbocycles. The van der Waals surface area contributed by atoms with Crippen LogP contribution in [0, 0.1) is 17.3 Å². The van der Waals surface area contributed by atoms with Crippen molar-refractivity contribution in [3.8, 4) is 0 Å². The summed E-state index contributed by atoms with van der Waals surface area (Å²) in [7, 11) is 0. The second kappa shape index (κ2) is 6.69. The third-order valence-electron chi connectivity index (χ3n) is 6.86. The van der Waals surface area contributed by atoms with Crippen molar-refractivity contribution in [3.63, 3.8) is 0 Å². The number of hydrogen-bond acceptors (Lipinski definition) is 4. The number of amides is 4. The van der Waals surface area contributed by atoms with Crippen molar-refractivity contribution < 1.29 is 14.4 Å². The number of para-hydroxylation sites is 2. The van der Waals surface area contributed by atoms with Crippen molar-refractivity contribution >= 4 is 29.2 Å². The minimum absolute atomic E-state index is 0.127. The monoisotopic (exact) mass is 403 g/mol. The van der Waals surface area contributed by atoms with E-state index < -0.39 is 23.3 Å². The number of nitrogens with zero attached hydrogens (tertiary/aromatic N) is 2. The highest BCUT2D eigenvalue weighted by atomic mass is 16.2. The first-order valence-electron chi connectivity index (χ1n) is 10.5. The number of barbiturate groups is 1. The molecule has 5 rings (SSSR count). The molecule has 2 fully saturated rings. The number of nitrogens with one attached hydrogen (secondary N) is 1. The standard InChI is InChI=1S/C24H25N3O3/c1-15-12-16(2)20-24(13-17-8-6-7-11-19(17)26(20)14-15)21(28)25-23(30)27(22(24)29)18-9-4-3-5-10-18/h3-11,15-16,20H,12-14H2,1-2H3,(H,25,28,30)/t15-,16+,20-,24-/m1/s1. The number of rotatable bonds is 1. The van der Waals surface area contributed by atoms with Gasteiger partial charge in [0.05, 0.1) is 11.7 Å². The van der Waals surface area contributed by atoms with Crippen LogP contribution in [0.2, 0.25) is 0 Å². The topological polar surface area (TPSA) is 69.7 Å². The molecule has 3 aliphatic heterocycles. The smallest absolute Gasteiger partial charge is 0.335 e. The third-order valence-corrected chi connectivity index (χ3v) is 6.86. The molecule has 3 heterocycles. The highest BCUT2D eigenvalue weighted by Crippen LogP contribution is 2.50. The Bertz CT molecular complexity index is 1040. The number of carbonyl (C=O) groups excluding carboxylic acids is 3. The average Bonchev–Trinajstić information content (AvgIpc) is 2.72. The molecule has 2 aromatic rings. The minimum Gasteiger partial charge on any atom is -0.366 e. The first kappa shape index (κ1) is 18.9. The Morgan fingerprint density at radius 1 is 0.967 bits per heavy atom. The van der Waals surface area contributed by atoms with E-state index in [0.29, 0.717) is 18.0 Å². The summed E-state index contributed by atoms with van der Waals surface area (Å²) in [5.41, 5.74) is 1.21. The van der Waals surface area contributed by atoms with E-state index in [0.717, 1.165) is 29.1 Å². The van der Waals surface area contributed by atoms with Gasteiger partial charge in [0.15, 0.2) is 5.41 Å². The third kappa shape index (κ3) is 2.52. The van der Waals surface area contributed by atoms with Crippen LogP contribution in [0.25, 0.3) is 0 Å². The van der Waals surface area contributed by atoms with E-state index in [2.05, 4.69) is 30.1 Å². The molecule has 4 atom stereocenters. The van der Waals surface area contributed by atoms with E-state index in [1.54, 1.807) is 24.3 Å². The number of carbonyl (C=O) groups is 3. The molecule has 0 bridgehead atoms. The molecule has 3 aliphatic rings. The molecular weight excluding hydrogens is 378 g/mol. The van der Waals surface area contributed by atoms with Gasteiger partial charge in [0.1, 0.15) is 0 Å². The average molecular weight is 403 g/mol. The van der Waals surface area contributed by atoms with Crippen molar-refractivity contribution in [1.29, 1.82) is 0 Å². The van der Waals surface area contributed by atoms with Crippen molar-refractivity contribution in [2.75, 3.05) is 16.3 Å². The molecule has 6 heteroatoms. The Morgan fingerprint density at radius 3 is 2.43 bits per heavy atom. The van der Waals surface area contributed by atoms with Crippen LogP contribution < -0.4 is 15.1 Å². The van der Waals surface area contributed by atoms with Gasteiger partial charge in [-0.15, -0.1) is 0 Å².